The summed E-state index contributed by atoms with van der Waals surface area (Å²) in [5, 5.41) is 21.2. The van der Waals surface area contributed by atoms with Crippen LogP contribution in [0.3, 0.4) is 0 Å². The quantitative estimate of drug-likeness (QED) is 0.239. The summed E-state index contributed by atoms with van der Waals surface area (Å²) >= 11 is 0. The van der Waals surface area contributed by atoms with Gasteiger partial charge in [0.1, 0.15) is 6.04 Å². The number of amides is 2. The molecule has 0 unspecified atom stereocenters. The van der Waals surface area contributed by atoms with Crippen molar-refractivity contribution < 1.29 is 19.9 Å². The van der Waals surface area contributed by atoms with Crippen molar-refractivity contribution in [2.45, 2.75) is 25.5 Å². The fraction of sp³-hybridized carbons (Fsp3) is 0.200. The van der Waals surface area contributed by atoms with Crippen molar-refractivity contribution in [3.63, 3.8) is 0 Å². The number of nitrogen functional groups attached to an aromatic ring is 1. The van der Waals surface area contributed by atoms with E-state index < -0.39 is 23.5 Å². The van der Waals surface area contributed by atoms with Crippen molar-refractivity contribution in [2.75, 3.05) is 5.73 Å². The van der Waals surface area contributed by atoms with Gasteiger partial charge in [-0.1, -0.05) is 24.0 Å². The highest BCUT2D eigenvalue weighted by atomic mass is 16.5. The van der Waals surface area contributed by atoms with Crippen LogP contribution in [-0.2, 0) is 4.79 Å². The average Bonchev–Trinajstić information content (AvgIpc) is 2.64. The number of para-hydroxylation sites is 1. The maximum Gasteiger partial charge on any atom is 0.268 e. The molecule has 0 bridgehead atoms. The molecular weight excluding hydrogens is 346 g/mol. The van der Waals surface area contributed by atoms with Crippen LogP contribution in [0.15, 0.2) is 48.5 Å². The van der Waals surface area contributed by atoms with Crippen molar-refractivity contribution in [2.24, 2.45) is 0 Å². The molecule has 0 saturated carbocycles. The number of hydrogen-bond donors (Lipinski definition) is 5. The summed E-state index contributed by atoms with van der Waals surface area (Å²) < 4.78 is 0. The summed E-state index contributed by atoms with van der Waals surface area (Å²) in [7, 11) is 0. The van der Waals surface area contributed by atoms with Gasteiger partial charge in [0.25, 0.3) is 11.8 Å². The van der Waals surface area contributed by atoms with E-state index in [9.17, 15) is 14.7 Å². The topological polar surface area (TPSA) is 125 Å². The molecule has 27 heavy (non-hydrogen) atoms. The van der Waals surface area contributed by atoms with Crippen LogP contribution in [0.1, 0.15) is 35.3 Å². The Bertz CT molecular complexity index is 890. The summed E-state index contributed by atoms with van der Waals surface area (Å²) in [5.41, 5.74) is 7.96. The van der Waals surface area contributed by atoms with Crippen LogP contribution in [0.5, 0.6) is 0 Å². The first kappa shape index (κ1) is 20.0. The molecule has 2 aromatic carbocycles. The van der Waals surface area contributed by atoms with E-state index in [-0.39, 0.29) is 5.56 Å². The summed E-state index contributed by atoms with van der Waals surface area (Å²) in [5.74, 6) is 4.44. The smallest absolute Gasteiger partial charge is 0.268 e. The van der Waals surface area contributed by atoms with Gasteiger partial charge in [0.2, 0.25) is 0 Å². The summed E-state index contributed by atoms with van der Waals surface area (Å²) in [4.78, 5) is 24.0. The van der Waals surface area contributed by atoms with E-state index in [2.05, 4.69) is 17.2 Å². The molecular formula is C20H21N3O4. The zero-order valence-electron chi connectivity index (χ0n) is 15.0. The van der Waals surface area contributed by atoms with Gasteiger partial charge in [-0.2, -0.15) is 0 Å². The van der Waals surface area contributed by atoms with Gasteiger partial charge >= 0.3 is 0 Å². The van der Waals surface area contributed by atoms with E-state index in [1.165, 1.54) is 19.3 Å². The Morgan fingerprint density at radius 2 is 1.70 bits per heavy atom. The Morgan fingerprint density at radius 3 is 2.26 bits per heavy atom. The molecule has 0 heterocycles. The Balaban J connectivity index is 2.14. The summed E-state index contributed by atoms with van der Waals surface area (Å²) in [6, 6.07) is 12.3. The molecule has 0 saturated heterocycles. The van der Waals surface area contributed by atoms with E-state index in [0.29, 0.717) is 16.8 Å². The van der Waals surface area contributed by atoms with Crippen molar-refractivity contribution in [3.05, 3.63) is 65.2 Å². The number of nitrogens with two attached hydrogens (primary N) is 1. The first-order valence-corrected chi connectivity index (χ1v) is 8.16. The van der Waals surface area contributed by atoms with E-state index in [0.717, 1.165) is 0 Å². The van der Waals surface area contributed by atoms with Crippen LogP contribution < -0.4 is 16.5 Å². The summed E-state index contributed by atoms with van der Waals surface area (Å²) in [6.45, 7) is 2.70. The van der Waals surface area contributed by atoms with Gasteiger partial charge in [-0.05, 0) is 50.2 Å². The average molecular weight is 367 g/mol. The Hall–Kier alpha value is -3.34. The fourth-order valence-corrected chi connectivity index (χ4v) is 2.30. The second kappa shape index (κ2) is 8.36. The number of anilines is 1. The molecule has 7 heteroatoms. The predicted octanol–water partition coefficient (Wildman–Crippen LogP) is 1.04. The van der Waals surface area contributed by atoms with Crippen molar-refractivity contribution in [1.82, 2.24) is 10.8 Å². The zero-order chi connectivity index (χ0) is 20.0. The minimum atomic E-state index is -1.57. The molecule has 0 aliphatic heterocycles. The predicted molar refractivity (Wildman–Crippen MR) is 101 cm³/mol. The maximum atomic E-state index is 12.3. The molecule has 6 N–H and O–H groups in total. The van der Waals surface area contributed by atoms with Gasteiger partial charge in [-0.25, -0.2) is 5.48 Å². The van der Waals surface area contributed by atoms with E-state index in [4.69, 9.17) is 10.9 Å². The standard InChI is InChI=1S/C20H21N3O4/c1-20(2,26)17(19(25)23-27)22-18(24)15-11-8-13(9-12-15)7-10-14-5-3-4-6-16(14)21/h3-6,8-9,11-12,17,26-27H,21H2,1-2H3,(H,22,24)(H,23,25)/t17-/m1/s1. The molecule has 0 aliphatic rings. The van der Waals surface area contributed by atoms with Crippen LogP contribution in [0.4, 0.5) is 5.69 Å². The molecule has 1 atom stereocenters. The van der Waals surface area contributed by atoms with Crippen LogP contribution in [-0.4, -0.2) is 33.8 Å². The molecule has 0 fully saturated rings. The van der Waals surface area contributed by atoms with Crippen LogP contribution >= 0.6 is 0 Å². The lowest BCUT2D eigenvalue weighted by Crippen LogP contribution is -2.57. The monoisotopic (exact) mass is 367 g/mol. The molecule has 0 aliphatic carbocycles. The first-order chi connectivity index (χ1) is 12.7. The van der Waals surface area contributed by atoms with Crippen molar-refractivity contribution in [3.8, 4) is 11.8 Å². The third-order valence-electron chi connectivity index (χ3n) is 3.80. The van der Waals surface area contributed by atoms with Gasteiger partial charge in [0.15, 0.2) is 0 Å². The number of aliphatic hydroxyl groups is 1. The zero-order valence-corrected chi connectivity index (χ0v) is 15.0. The lowest BCUT2D eigenvalue weighted by Gasteiger charge is -2.28. The number of carbonyl (C=O) groups is 2. The van der Waals surface area contributed by atoms with Crippen LogP contribution in [0.25, 0.3) is 0 Å². The number of hydroxylamine groups is 1. The number of nitrogens with one attached hydrogen (secondary N) is 2. The van der Waals surface area contributed by atoms with E-state index in [1.54, 1.807) is 30.3 Å². The minimum absolute atomic E-state index is 0.278. The Labute approximate surface area is 157 Å². The highest BCUT2D eigenvalue weighted by Gasteiger charge is 2.34. The first-order valence-electron chi connectivity index (χ1n) is 8.16. The van der Waals surface area contributed by atoms with Crippen molar-refractivity contribution in [1.29, 1.82) is 0 Å². The Morgan fingerprint density at radius 1 is 1.07 bits per heavy atom. The molecule has 2 aromatic rings. The lowest BCUT2D eigenvalue weighted by atomic mass is 9.97. The second-order valence-electron chi connectivity index (χ2n) is 6.45. The normalized spacial score (nSPS) is 11.7. The molecule has 140 valence electrons. The Kier molecular flexibility index (Phi) is 6.19. The SMILES string of the molecule is CC(C)(O)[C@H](NC(=O)c1ccc(C#Cc2ccccc2N)cc1)C(=O)NO. The molecule has 0 radical (unpaired) electrons. The minimum Gasteiger partial charge on any atom is -0.398 e. The number of rotatable bonds is 4. The van der Waals surface area contributed by atoms with Gasteiger partial charge in [0, 0.05) is 22.4 Å². The van der Waals surface area contributed by atoms with Gasteiger partial charge in [-0.3, -0.25) is 14.8 Å². The van der Waals surface area contributed by atoms with Gasteiger partial charge in [-0.15, -0.1) is 0 Å². The molecule has 2 rings (SSSR count). The molecule has 7 nitrogen and oxygen atoms in total. The van der Waals surface area contributed by atoms with Gasteiger partial charge in [0.05, 0.1) is 5.60 Å². The van der Waals surface area contributed by atoms with E-state index in [1.807, 2.05) is 18.2 Å². The highest BCUT2D eigenvalue weighted by Crippen LogP contribution is 2.12. The molecule has 2 amide bonds. The lowest BCUT2D eigenvalue weighted by molar-refractivity contribution is -0.136. The van der Waals surface area contributed by atoms with Crippen LogP contribution in [0.2, 0.25) is 0 Å². The number of hydrogen-bond acceptors (Lipinski definition) is 5. The van der Waals surface area contributed by atoms with E-state index >= 15 is 0 Å². The maximum absolute atomic E-state index is 12.3. The van der Waals surface area contributed by atoms with Gasteiger partial charge < -0.3 is 16.2 Å². The summed E-state index contributed by atoms with van der Waals surface area (Å²) in [6.07, 6.45) is 0. The largest absolute Gasteiger partial charge is 0.398 e. The molecule has 0 aromatic heterocycles. The fourth-order valence-electron chi connectivity index (χ4n) is 2.30. The van der Waals surface area contributed by atoms with Crippen LogP contribution in [0, 0.1) is 11.8 Å². The number of carbonyl (C=O) groups excluding carboxylic acids is 2. The highest BCUT2D eigenvalue weighted by molar-refractivity contribution is 5.97. The number of benzene rings is 2. The third kappa shape index (κ3) is 5.31. The third-order valence-corrected chi connectivity index (χ3v) is 3.80. The second-order valence-corrected chi connectivity index (χ2v) is 6.45. The molecule has 0 spiro atoms. The van der Waals surface area contributed by atoms with Crippen molar-refractivity contribution >= 4 is 17.5 Å².